The Hall–Kier alpha value is -1.82. The Kier molecular flexibility index (Phi) is 30.4. The van der Waals surface area contributed by atoms with Crippen LogP contribution in [0.1, 0.15) is 168 Å². The average molecular weight is 727 g/mol. The summed E-state index contributed by atoms with van der Waals surface area (Å²) in [4.78, 5) is 25.2. The highest BCUT2D eigenvalue weighted by Crippen LogP contribution is 2.22. The van der Waals surface area contributed by atoms with Crippen LogP contribution in [0, 0.1) is 0 Å². The van der Waals surface area contributed by atoms with Gasteiger partial charge in [-0.2, -0.15) is 0 Å². The summed E-state index contributed by atoms with van der Waals surface area (Å²) in [7, 11) is 0. The number of hydrogen-bond acceptors (Lipinski definition) is 10. The molecule has 0 bridgehead atoms. The largest absolute Gasteiger partial charge is 0.462 e. The monoisotopic (exact) mass is 727 g/mol. The summed E-state index contributed by atoms with van der Waals surface area (Å²) >= 11 is 0. The van der Waals surface area contributed by atoms with Crippen LogP contribution in [0.15, 0.2) is 24.3 Å². The van der Waals surface area contributed by atoms with Crippen LogP contribution < -0.4 is 0 Å². The highest BCUT2D eigenvalue weighted by molar-refractivity contribution is 5.70. The molecule has 4 N–H and O–H groups in total. The van der Waals surface area contributed by atoms with Gasteiger partial charge in [-0.3, -0.25) is 9.59 Å². The van der Waals surface area contributed by atoms with Crippen molar-refractivity contribution in [2.24, 2.45) is 0 Å². The van der Waals surface area contributed by atoms with Crippen molar-refractivity contribution in [3.05, 3.63) is 24.3 Å². The van der Waals surface area contributed by atoms with Gasteiger partial charge in [0, 0.05) is 12.8 Å². The number of ether oxygens (including phenoxy) is 4. The Morgan fingerprint density at radius 1 is 0.608 bits per heavy atom. The van der Waals surface area contributed by atoms with Gasteiger partial charge in [-0.15, -0.1) is 0 Å². The second kappa shape index (κ2) is 32.8. The van der Waals surface area contributed by atoms with Crippen molar-refractivity contribution >= 4 is 11.9 Å². The zero-order valence-electron chi connectivity index (χ0n) is 32.1. The summed E-state index contributed by atoms with van der Waals surface area (Å²) in [6.07, 6.45) is 26.1. The number of rotatable bonds is 33. The number of carbonyl (C=O) groups is 2. The molecule has 51 heavy (non-hydrogen) atoms. The van der Waals surface area contributed by atoms with E-state index in [1.807, 2.05) is 0 Å². The molecule has 1 aliphatic heterocycles. The number of aliphatic hydroxyl groups excluding tert-OH is 4. The maximum atomic E-state index is 12.7. The topological polar surface area (TPSA) is 152 Å². The SMILES string of the molecule is CCCCC/C=C/C/C=C/CCCCCCCC(=O)OC[C@@H](CO[C@H]1O[C@@H](CO)[C@@H](O)C(O)C1O)OC(=O)CCCCCCCCCCCCC. The molecule has 1 saturated heterocycles. The Morgan fingerprint density at radius 3 is 1.67 bits per heavy atom. The van der Waals surface area contributed by atoms with Crippen molar-refractivity contribution in [2.45, 2.75) is 205 Å². The number of unbranched alkanes of at least 4 members (excludes halogenated alkanes) is 18. The predicted molar refractivity (Wildman–Crippen MR) is 201 cm³/mol. The molecule has 10 heteroatoms. The van der Waals surface area contributed by atoms with Gasteiger partial charge in [-0.1, -0.05) is 134 Å². The number of carbonyl (C=O) groups excluding carboxylic acids is 2. The Balaban J connectivity index is 2.38. The molecule has 0 aromatic carbocycles. The lowest BCUT2D eigenvalue weighted by Crippen LogP contribution is -2.59. The quantitative estimate of drug-likeness (QED) is 0.0300. The number of aliphatic hydroxyl groups is 4. The van der Waals surface area contributed by atoms with E-state index >= 15 is 0 Å². The van der Waals surface area contributed by atoms with Crippen LogP contribution in [0.2, 0.25) is 0 Å². The minimum atomic E-state index is -1.59. The molecule has 10 nitrogen and oxygen atoms in total. The molecule has 0 radical (unpaired) electrons. The predicted octanol–water partition coefficient (Wildman–Crippen LogP) is 7.77. The van der Waals surface area contributed by atoms with Crippen LogP contribution in [0.5, 0.6) is 0 Å². The first kappa shape index (κ1) is 47.2. The van der Waals surface area contributed by atoms with Crippen LogP contribution in [-0.2, 0) is 28.5 Å². The molecule has 0 spiro atoms. The molecule has 2 unspecified atom stereocenters. The summed E-state index contributed by atoms with van der Waals surface area (Å²) in [5, 5.41) is 39.9. The third-order valence-corrected chi connectivity index (χ3v) is 9.34. The zero-order valence-corrected chi connectivity index (χ0v) is 32.1. The highest BCUT2D eigenvalue weighted by atomic mass is 16.7. The summed E-state index contributed by atoms with van der Waals surface area (Å²) in [6.45, 7) is 3.36. The third-order valence-electron chi connectivity index (χ3n) is 9.34. The lowest BCUT2D eigenvalue weighted by atomic mass is 9.99. The van der Waals surface area contributed by atoms with E-state index in [0.29, 0.717) is 12.8 Å². The second-order valence-corrected chi connectivity index (χ2v) is 14.1. The molecule has 6 atom stereocenters. The fourth-order valence-electron chi connectivity index (χ4n) is 6.04. The minimum absolute atomic E-state index is 0.222. The van der Waals surface area contributed by atoms with Gasteiger partial charge in [-0.05, 0) is 44.9 Å². The van der Waals surface area contributed by atoms with E-state index in [-0.39, 0.29) is 32.0 Å². The van der Waals surface area contributed by atoms with Crippen molar-refractivity contribution in [3.63, 3.8) is 0 Å². The van der Waals surface area contributed by atoms with Gasteiger partial charge < -0.3 is 39.4 Å². The normalized spacial score (nSPS) is 21.4. The minimum Gasteiger partial charge on any atom is -0.462 e. The first-order chi connectivity index (χ1) is 24.8. The van der Waals surface area contributed by atoms with Gasteiger partial charge in [0.2, 0.25) is 0 Å². The fraction of sp³-hybridized carbons (Fsp3) is 0.854. The van der Waals surface area contributed by atoms with Gasteiger partial charge in [0.1, 0.15) is 31.0 Å². The maximum absolute atomic E-state index is 12.7. The van der Waals surface area contributed by atoms with Gasteiger partial charge in [-0.25, -0.2) is 0 Å². The summed E-state index contributed by atoms with van der Waals surface area (Å²) < 4.78 is 22.1. The summed E-state index contributed by atoms with van der Waals surface area (Å²) in [6, 6.07) is 0. The first-order valence-corrected chi connectivity index (χ1v) is 20.4. The van der Waals surface area contributed by atoms with Crippen LogP contribution in [0.3, 0.4) is 0 Å². The third kappa shape index (κ3) is 24.9. The van der Waals surface area contributed by atoms with E-state index in [2.05, 4.69) is 38.2 Å². The molecule has 1 fully saturated rings. The van der Waals surface area contributed by atoms with E-state index in [1.165, 1.54) is 70.6 Å². The molecular formula is C41H74O10. The van der Waals surface area contributed by atoms with E-state index in [9.17, 15) is 30.0 Å². The molecule has 0 aliphatic carbocycles. The van der Waals surface area contributed by atoms with Crippen LogP contribution in [0.25, 0.3) is 0 Å². The van der Waals surface area contributed by atoms with Crippen molar-refractivity contribution in [1.82, 2.24) is 0 Å². The molecule has 0 aromatic rings. The van der Waals surface area contributed by atoms with Crippen LogP contribution in [0.4, 0.5) is 0 Å². The van der Waals surface area contributed by atoms with E-state index in [1.54, 1.807) is 0 Å². The Bertz CT molecular complexity index is 892. The molecule has 298 valence electrons. The molecule has 0 aromatic heterocycles. The van der Waals surface area contributed by atoms with Crippen LogP contribution in [-0.4, -0.2) is 89.0 Å². The Morgan fingerprint density at radius 2 is 1.10 bits per heavy atom. The van der Waals surface area contributed by atoms with Crippen LogP contribution >= 0.6 is 0 Å². The summed E-state index contributed by atoms with van der Waals surface area (Å²) in [5.74, 6) is -0.821. The standard InChI is InChI=1S/C41H74O10/c1-3-5-7-9-11-13-15-16-17-18-20-21-23-25-27-29-36(43)48-32-34(33-49-41-40(47)39(46)38(45)35(31-42)51-41)50-37(44)30-28-26-24-22-19-14-12-10-8-6-4-2/h11,13,16-17,34-35,38-42,45-47H,3-10,12,14-15,18-33H2,1-2H3/b13-11+,17-16+/t34-,35-,38+,39?,40?,41-/m0/s1. The van der Waals surface area contributed by atoms with E-state index < -0.39 is 49.4 Å². The second-order valence-electron chi connectivity index (χ2n) is 14.1. The molecular weight excluding hydrogens is 652 g/mol. The van der Waals surface area contributed by atoms with Gasteiger partial charge in [0.25, 0.3) is 0 Å². The van der Waals surface area contributed by atoms with Gasteiger partial charge >= 0.3 is 11.9 Å². The zero-order chi connectivity index (χ0) is 37.4. The lowest BCUT2D eigenvalue weighted by molar-refractivity contribution is -0.305. The fourth-order valence-corrected chi connectivity index (χ4v) is 6.04. The van der Waals surface area contributed by atoms with Gasteiger partial charge in [0.15, 0.2) is 12.4 Å². The van der Waals surface area contributed by atoms with Gasteiger partial charge in [0.05, 0.1) is 13.2 Å². The van der Waals surface area contributed by atoms with Crippen molar-refractivity contribution < 1.29 is 49.0 Å². The number of esters is 2. The van der Waals surface area contributed by atoms with Crippen molar-refractivity contribution in [2.75, 3.05) is 19.8 Å². The van der Waals surface area contributed by atoms with Crippen molar-refractivity contribution in [3.8, 4) is 0 Å². The molecule has 1 heterocycles. The first-order valence-electron chi connectivity index (χ1n) is 20.4. The van der Waals surface area contributed by atoms with E-state index in [0.717, 1.165) is 57.8 Å². The van der Waals surface area contributed by atoms with E-state index in [4.69, 9.17) is 18.9 Å². The average Bonchev–Trinajstić information content (AvgIpc) is 3.13. The smallest absolute Gasteiger partial charge is 0.306 e. The molecule has 0 amide bonds. The highest BCUT2D eigenvalue weighted by Gasteiger charge is 2.44. The lowest BCUT2D eigenvalue weighted by Gasteiger charge is -2.39. The number of hydrogen-bond donors (Lipinski definition) is 4. The van der Waals surface area contributed by atoms with Crippen molar-refractivity contribution in [1.29, 1.82) is 0 Å². The molecule has 0 saturated carbocycles. The maximum Gasteiger partial charge on any atom is 0.306 e. The molecule has 1 rings (SSSR count). The number of allylic oxidation sites excluding steroid dienone is 4. The Labute approximate surface area is 309 Å². The summed E-state index contributed by atoms with van der Waals surface area (Å²) in [5.41, 5.74) is 0. The molecule has 1 aliphatic rings.